The molecule has 0 spiro atoms. The molecule has 9 heteroatoms. The highest BCUT2D eigenvalue weighted by molar-refractivity contribution is 7.22. The summed E-state index contributed by atoms with van der Waals surface area (Å²) in [6, 6.07) is 9.14. The van der Waals surface area contributed by atoms with Crippen LogP contribution < -0.4 is 10.2 Å². The van der Waals surface area contributed by atoms with Gasteiger partial charge in [-0.05, 0) is 18.2 Å². The monoisotopic (exact) mass is 436 g/mol. The minimum Gasteiger partial charge on any atom is -0.351 e. The first-order valence-corrected chi connectivity index (χ1v) is 10.5. The third-order valence-corrected chi connectivity index (χ3v) is 6.27. The van der Waals surface area contributed by atoms with Crippen molar-refractivity contribution in [3.8, 4) is 0 Å². The number of carbonyl (C=O) groups is 1. The molecule has 1 aliphatic heterocycles. The molecule has 1 amide bonds. The second kappa shape index (κ2) is 8.61. The number of nitrogens with one attached hydrogen (secondary N) is 1. The summed E-state index contributed by atoms with van der Waals surface area (Å²) >= 11 is 7.34. The van der Waals surface area contributed by atoms with E-state index in [-0.39, 0.29) is 11.4 Å². The maximum atomic E-state index is 13.9. The molecule has 29 heavy (non-hydrogen) atoms. The molecule has 2 aromatic carbocycles. The Labute approximate surface area is 175 Å². The van der Waals surface area contributed by atoms with Crippen LogP contribution in [0.2, 0.25) is 5.02 Å². The number of carbonyl (C=O) groups excluding carboxylic acids is 1. The summed E-state index contributed by atoms with van der Waals surface area (Å²) in [4.78, 5) is 20.9. The van der Waals surface area contributed by atoms with E-state index in [9.17, 15) is 13.6 Å². The van der Waals surface area contributed by atoms with Crippen LogP contribution >= 0.6 is 22.9 Å². The number of amides is 1. The number of fused-ring (bicyclic) bond motifs is 1. The topological polar surface area (TPSA) is 48.5 Å². The highest BCUT2D eigenvalue weighted by Gasteiger charge is 2.21. The van der Waals surface area contributed by atoms with Crippen LogP contribution in [-0.2, 0) is 0 Å². The van der Waals surface area contributed by atoms with Crippen molar-refractivity contribution in [2.75, 3.05) is 44.2 Å². The molecular weight excluding hydrogens is 418 g/mol. The molecule has 0 bridgehead atoms. The van der Waals surface area contributed by atoms with Crippen LogP contribution in [0.3, 0.4) is 0 Å². The van der Waals surface area contributed by atoms with Gasteiger partial charge in [-0.15, -0.1) is 0 Å². The lowest BCUT2D eigenvalue weighted by atomic mass is 10.2. The summed E-state index contributed by atoms with van der Waals surface area (Å²) in [6.45, 7) is 4.33. The van der Waals surface area contributed by atoms with Crippen molar-refractivity contribution in [1.82, 2.24) is 15.2 Å². The molecule has 1 N–H and O–H groups in total. The van der Waals surface area contributed by atoms with E-state index in [0.717, 1.165) is 38.8 Å². The van der Waals surface area contributed by atoms with E-state index in [1.54, 1.807) is 24.3 Å². The third kappa shape index (κ3) is 4.49. The lowest BCUT2D eigenvalue weighted by Gasteiger charge is -2.34. The number of nitrogens with zero attached hydrogens (tertiary/aromatic N) is 3. The van der Waals surface area contributed by atoms with Gasteiger partial charge >= 0.3 is 0 Å². The van der Waals surface area contributed by atoms with Crippen molar-refractivity contribution in [3.63, 3.8) is 0 Å². The fraction of sp³-hybridized carbons (Fsp3) is 0.300. The molecule has 4 rings (SSSR count). The van der Waals surface area contributed by atoms with Crippen molar-refractivity contribution in [3.05, 3.63) is 58.6 Å². The summed E-state index contributed by atoms with van der Waals surface area (Å²) in [5.41, 5.74) is 0.689. The van der Waals surface area contributed by atoms with Gasteiger partial charge in [-0.2, -0.15) is 0 Å². The van der Waals surface area contributed by atoms with Crippen molar-refractivity contribution >= 4 is 44.2 Å². The van der Waals surface area contributed by atoms with E-state index < -0.39 is 11.6 Å². The molecule has 1 saturated heterocycles. The standard InChI is InChI=1S/C20H19ClF2N4OS/c21-15-4-2-1-3-14(15)19(28)24-5-6-26-7-9-27(10-8-26)20-25-18-16(23)11-13(22)12-17(18)29-20/h1-4,11-12H,5-10H2,(H,24,28). The molecule has 0 saturated carbocycles. The van der Waals surface area contributed by atoms with Gasteiger partial charge < -0.3 is 10.2 Å². The summed E-state index contributed by atoms with van der Waals surface area (Å²) in [5.74, 6) is -1.40. The van der Waals surface area contributed by atoms with Crippen LogP contribution in [0.4, 0.5) is 13.9 Å². The maximum Gasteiger partial charge on any atom is 0.252 e. The number of halogens is 3. The maximum absolute atomic E-state index is 13.9. The van der Waals surface area contributed by atoms with Crippen LogP contribution in [0.5, 0.6) is 0 Å². The van der Waals surface area contributed by atoms with E-state index in [1.807, 2.05) is 0 Å². The van der Waals surface area contributed by atoms with Gasteiger partial charge in [-0.3, -0.25) is 9.69 Å². The van der Waals surface area contributed by atoms with Gasteiger partial charge in [-0.25, -0.2) is 13.8 Å². The minimum atomic E-state index is -0.629. The molecule has 0 atom stereocenters. The summed E-state index contributed by atoms with van der Waals surface area (Å²) in [7, 11) is 0. The molecule has 0 aliphatic carbocycles. The first kappa shape index (κ1) is 20.0. The van der Waals surface area contributed by atoms with Crippen LogP contribution in [0.15, 0.2) is 36.4 Å². The van der Waals surface area contributed by atoms with Crippen molar-refractivity contribution in [2.24, 2.45) is 0 Å². The van der Waals surface area contributed by atoms with E-state index in [1.165, 1.54) is 17.4 Å². The van der Waals surface area contributed by atoms with Gasteiger partial charge in [0, 0.05) is 45.3 Å². The first-order chi connectivity index (χ1) is 14.0. The van der Waals surface area contributed by atoms with E-state index >= 15 is 0 Å². The normalized spacial score (nSPS) is 15.1. The number of rotatable bonds is 5. The molecule has 5 nitrogen and oxygen atoms in total. The summed E-state index contributed by atoms with van der Waals surface area (Å²) in [5, 5.41) is 4.03. The van der Waals surface area contributed by atoms with E-state index in [0.29, 0.717) is 27.0 Å². The summed E-state index contributed by atoms with van der Waals surface area (Å²) in [6.07, 6.45) is 0. The van der Waals surface area contributed by atoms with Gasteiger partial charge in [0.2, 0.25) is 0 Å². The SMILES string of the molecule is O=C(NCCN1CCN(c2nc3c(F)cc(F)cc3s2)CC1)c1ccccc1Cl. The number of hydrogen-bond acceptors (Lipinski definition) is 5. The number of hydrogen-bond donors (Lipinski definition) is 1. The molecule has 1 aliphatic rings. The van der Waals surface area contributed by atoms with Crippen LogP contribution in [-0.4, -0.2) is 55.1 Å². The Balaban J connectivity index is 1.28. The number of thiazole rings is 1. The number of aromatic nitrogens is 1. The fourth-order valence-electron chi connectivity index (χ4n) is 3.31. The lowest BCUT2D eigenvalue weighted by Crippen LogP contribution is -2.48. The predicted molar refractivity (Wildman–Crippen MR) is 112 cm³/mol. The average molecular weight is 437 g/mol. The lowest BCUT2D eigenvalue weighted by molar-refractivity contribution is 0.0948. The van der Waals surface area contributed by atoms with Crippen molar-refractivity contribution in [2.45, 2.75) is 0 Å². The number of anilines is 1. The van der Waals surface area contributed by atoms with Crippen molar-refractivity contribution in [1.29, 1.82) is 0 Å². The number of piperazine rings is 1. The third-order valence-electron chi connectivity index (χ3n) is 4.88. The van der Waals surface area contributed by atoms with E-state index in [4.69, 9.17) is 11.6 Å². The molecule has 2 heterocycles. The second-order valence-corrected chi connectivity index (χ2v) is 8.21. The second-order valence-electron chi connectivity index (χ2n) is 6.80. The quantitative estimate of drug-likeness (QED) is 0.661. The zero-order chi connectivity index (χ0) is 20.4. The Morgan fingerprint density at radius 2 is 1.93 bits per heavy atom. The molecule has 0 unspecified atom stereocenters. The number of benzene rings is 2. The largest absolute Gasteiger partial charge is 0.351 e. The average Bonchev–Trinajstić information content (AvgIpc) is 3.13. The molecule has 1 fully saturated rings. The summed E-state index contributed by atoms with van der Waals surface area (Å²) < 4.78 is 27.8. The first-order valence-electron chi connectivity index (χ1n) is 9.27. The van der Waals surface area contributed by atoms with E-state index in [2.05, 4.69) is 20.1 Å². The Hall–Kier alpha value is -2.29. The van der Waals surface area contributed by atoms with Gasteiger partial charge in [0.25, 0.3) is 5.91 Å². The van der Waals surface area contributed by atoms with Gasteiger partial charge in [0.15, 0.2) is 10.9 Å². The Morgan fingerprint density at radius 3 is 2.69 bits per heavy atom. The van der Waals surface area contributed by atoms with Gasteiger partial charge in [0.1, 0.15) is 11.3 Å². The van der Waals surface area contributed by atoms with Crippen LogP contribution in [0.1, 0.15) is 10.4 Å². The molecule has 3 aromatic rings. The molecule has 0 radical (unpaired) electrons. The smallest absolute Gasteiger partial charge is 0.252 e. The zero-order valence-corrected chi connectivity index (χ0v) is 17.1. The van der Waals surface area contributed by atoms with Crippen LogP contribution in [0.25, 0.3) is 10.2 Å². The molecule has 152 valence electrons. The van der Waals surface area contributed by atoms with Crippen LogP contribution in [0, 0.1) is 11.6 Å². The molecule has 1 aromatic heterocycles. The van der Waals surface area contributed by atoms with Gasteiger partial charge in [0.05, 0.1) is 15.3 Å². The minimum absolute atomic E-state index is 0.182. The highest BCUT2D eigenvalue weighted by Crippen LogP contribution is 2.31. The zero-order valence-electron chi connectivity index (χ0n) is 15.5. The van der Waals surface area contributed by atoms with Gasteiger partial charge in [-0.1, -0.05) is 35.1 Å². The Morgan fingerprint density at radius 1 is 1.17 bits per heavy atom. The predicted octanol–water partition coefficient (Wildman–Crippen LogP) is 3.78. The molecular formula is C20H19ClF2N4OS. The fourth-order valence-corrected chi connectivity index (χ4v) is 4.59. The Kier molecular flexibility index (Phi) is 5.94. The Bertz CT molecular complexity index is 1040. The highest BCUT2D eigenvalue weighted by atomic mass is 35.5. The van der Waals surface area contributed by atoms with Crippen molar-refractivity contribution < 1.29 is 13.6 Å².